The number of carbonyl (C=O) groups excluding carboxylic acids is 1. The highest BCUT2D eigenvalue weighted by Crippen LogP contribution is 2.29. The van der Waals surface area contributed by atoms with Crippen molar-refractivity contribution >= 4 is 27.8 Å². The third-order valence-electron chi connectivity index (χ3n) is 6.04. The van der Waals surface area contributed by atoms with Crippen molar-refractivity contribution in [1.29, 1.82) is 0 Å². The van der Waals surface area contributed by atoms with Crippen molar-refractivity contribution in [2.45, 2.75) is 12.1 Å². The molecule has 35 heavy (non-hydrogen) atoms. The fourth-order valence-electron chi connectivity index (χ4n) is 4.18. The molecule has 0 aliphatic heterocycles. The van der Waals surface area contributed by atoms with Gasteiger partial charge in [-0.05, 0) is 41.5 Å². The van der Waals surface area contributed by atoms with E-state index in [2.05, 4.69) is 5.32 Å². The van der Waals surface area contributed by atoms with E-state index in [0.29, 0.717) is 38.8 Å². The SMILES string of the molecule is COc1ccc2c(=O)c3cc(C(=O)N[C@H](c4ccccc4)[C@@H](O)c4ccccc4)ccc3oc2c1. The summed E-state index contributed by atoms with van der Waals surface area (Å²) in [6.45, 7) is 0. The molecule has 1 amide bonds. The fourth-order valence-corrected chi connectivity index (χ4v) is 4.18. The summed E-state index contributed by atoms with van der Waals surface area (Å²) in [7, 11) is 1.54. The lowest BCUT2D eigenvalue weighted by Crippen LogP contribution is -2.32. The molecule has 0 aliphatic rings. The minimum atomic E-state index is -0.966. The minimum Gasteiger partial charge on any atom is -0.497 e. The Morgan fingerprint density at radius 2 is 1.51 bits per heavy atom. The molecule has 6 nitrogen and oxygen atoms in total. The number of carbonyl (C=O) groups is 1. The van der Waals surface area contributed by atoms with E-state index in [0.717, 1.165) is 5.56 Å². The first-order chi connectivity index (χ1) is 17.0. The second-order valence-corrected chi connectivity index (χ2v) is 8.22. The van der Waals surface area contributed by atoms with E-state index in [9.17, 15) is 14.7 Å². The van der Waals surface area contributed by atoms with Gasteiger partial charge in [-0.2, -0.15) is 0 Å². The van der Waals surface area contributed by atoms with Crippen LogP contribution in [0.1, 0.15) is 33.6 Å². The van der Waals surface area contributed by atoms with Gasteiger partial charge in [0.1, 0.15) is 23.0 Å². The highest BCUT2D eigenvalue weighted by Gasteiger charge is 2.25. The quantitative estimate of drug-likeness (QED) is 0.338. The van der Waals surface area contributed by atoms with Crippen LogP contribution in [0.3, 0.4) is 0 Å². The maximum absolute atomic E-state index is 13.3. The second kappa shape index (κ2) is 9.44. The first-order valence-electron chi connectivity index (χ1n) is 11.2. The number of fused-ring (bicyclic) bond motifs is 2. The van der Waals surface area contributed by atoms with E-state index in [1.807, 2.05) is 60.7 Å². The summed E-state index contributed by atoms with van der Waals surface area (Å²) in [5.41, 5.74) is 2.28. The Morgan fingerprint density at radius 3 is 2.20 bits per heavy atom. The molecule has 0 unspecified atom stereocenters. The summed E-state index contributed by atoms with van der Waals surface area (Å²) >= 11 is 0. The Kier molecular flexibility index (Phi) is 6.04. The molecule has 0 aliphatic carbocycles. The number of ether oxygens (including phenoxy) is 1. The van der Waals surface area contributed by atoms with Gasteiger partial charge in [-0.25, -0.2) is 0 Å². The summed E-state index contributed by atoms with van der Waals surface area (Å²) in [6, 6.07) is 27.5. The molecule has 2 N–H and O–H groups in total. The molecule has 5 aromatic rings. The number of methoxy groups -OCH3 is 1. The van der Waals surface area contributed by atoms with Crippen LogP contribution in [0.2, 0.25) is 0 Å². The highest BCUT2D eigenvalue weighted by atomic mass is 16.5. The zero-order valence-electron chi connectivity index (χ0n) is 19.0. The van der Waals surface area contributed by atoms with Gasteiger partial charge in [0.2, 0.25) is 5.43 Å². The topological polar surface area (TPSA) is 88.8 Å². The smallest absolute Gasteiger partial charge is 0.251 e. The van der Waals surface area contributed by atoms with Gasteiger partial charge in [0, 0.05) is 11.6 Å². The van der Waals surface area contributed by atoms with Crippen molar-refractivity contribution in [2.75, 3.05) is 7.11 Å². The zero-order chi connectivity index (χ0) is 24.4. The van der Waals surface area contributed by atoms with E-state index in [-0.39, 0.29) is 5.43 Å². The van der Waals surface area contributed by atoms with Crippen molar-refractivity contribution in [3.8, 4) is 5.75 Å². The lowest BCUT2D eigenvalue weighted by atomic mass is 9.95. The van der Waals surface area contributed by atoms with Crippen LogP contribution in [0.5, 0.6) is 5.75 Å². The molecule has 0 saturated heterocycles. The normalized spacial score (nSPS) is 12.9. The highest BCUT2D eigenvalue weighted by molar-refractivity contribution is 5.99. The summed E-state index contributed by atoms with van der Waals surface area (Å²) in [5.74, 6) is 0.171. The number of hydrogen-bond donors (Lipinski definition) is 2. The molecule has 5 rings (SSSR count). The van der Waals surface area contributed by atoms with Crippen LogP contribution >= 0.6 is 0 Å². The molecule has 0 saturated carbocycles. The van der Waals surface area contributed by atoms with Gasteiger partial charge in [-0.15, -0.1) is 0 Å². The maximum Gasteiger partial charge on any atom is 0.251 e. The predicted octanol–water partition coefficient (Wildman–Crippen LogP) is 5.16. The van der Waals surface area contributed by atoms with Crippen LogP contribution < -0.4 is 15.5 Å². The summed E-state index contributed by atoms with van der Waals surface area (Å²) in [6.07, 6.45) is -0.966. The van der Waals surface area contributed by atoms with Gasteiger partial charge in [0.05, 0.1) is 23.9 Å². The molecule has 1 heterocycles. The van der Waals surface area contributed by atoms with Gasteiger partial charge in [0.25, 0.3) is 5.91 Å². The molecule has 0 fully saturated rings. The average molecular weight is 466 g/mol. The van der Waals surface area contributed by atoms with E-state index in [4.69, 9.17) is 9.15 Å². The number of amides is 1. The van der Waals surface area contributed by atoms with E-state index >= 15 is 0 Å². The molecule has 4 aromatic carbocycles. The van der Waals surface area contributed by atoms with Crippen LogP contribution in [0.25, 0.3) is 21.9 Å². The number of nitrogens with one attached hydrogen (secondary N) is 1. The third kappa shape index (κ3) is 4.39. The molecular weight excluding hydrogens is 442 g/mol. The standard InChI is InChI=1S/C29H23NO5/c1-34-21-13-14-22-25(17-21)35-24-15-12-20(16-23(24)28(22)32)29(33)30-26(18-8-4-2-5-9-18)27(31)19-10-6-3-7-11-19/h2-17,26-27,31H,1H3,(H,30,33)/t26-,27+/m1/s1. The third-order valence-corrected chi connectivity index (χ3v) is 6.04. The van der Waals surface area contributed by atoms with Gasteiger partial charge in [0.15, 0.2) is 0 Å². The molecule has 0 spiro atoms. The second-order valence-electron chi connectivity index (χ2n) is 8.22. The Hall–Kier alpha value is -4.42. The van der Waals surface area contributed by atoms with Gasteiger partial charge in [-0.1, -0.05) is 60.7 Å². The summed E-state index contributed by atoms with van der Waals surface area (Å²) in [5, 5.41) is 14.8. The maximum atomic E-state index is 13.3. The summed E-state index contributed by atoms with van der Waals surface area (Å²) in [4.78, 5) is 26.4. The Morgan fingerprint density at radius 1 is 0.829 bits per heavy atom. The van der Waals surface area contributed by atoms with Crippen LogP contribution in [0, 0.1) is 0 Å². The number of aliphatic hydroxyl groups is 1. The molecule has 0 bridgehead atoms. The Labute approximate surface area is 201 Å². The average Bonchev–Trinajstić information content (AvgIpc) is 2.91. The van der Waals surface area contributed by atoms with Gasteiger partial charge in [-0.3, -0.25) is 9.59 Å². The van der Waals surface area contributed by atoms with Crippen molar-refractivity contribution < 1.29 is 19.1 Å². The first-order valence-corrected chi connectivity index (χ1v) is 11.2. The molecule has 6 heteroatoms. The molecular formula is C29H23NO5. The Balaban J connectivity index is 1.51. The summed E-state index contributed by atoms with van der Waals surface area (Å²) < 4.78 is 11.1. The van der Waals surface area contributed by atoms with Crippen LogP contribution in [-0.2, 0) is 0 Å². The predicted molar refractivity (Wildman–Crippen MR) is 135 cm³/mol. The Bertz CT molecular complexity index is 1560. The van der Waals surface area contributed by atoms with Crippen LogP contribution in [0.4, 0.5) is 0 Å². The lowest BCUT2D eigenvalue weighted by molar-refractivity contribution is 0.0831. The van der Waals surface area contributed by atoms with Crippen LogP contribution in [0.15, 0.2) is 106 Å². The van der Waals surface area contributed by atoms with Gasteiger partial charge >= 0.3 is 0 Å². The van der Waals surface area contributed by atoms with E-state index in [1.54, 1.807) is 37.4 Å². The van der Waals surface area contributed by atoms with Crippen molar-refractivity contribution in [2.24, 2.45) is 0 Å². The van der Waals surface area contributed by atoms with Crippen molar-refractivity contribution in [3.63, 3.8) is 0 Å². The number of rotatable bonds is 6. The monoisotopic (exact) mass is 465 g/mol. The van der Waals surface area contributed by atoms with Crippen molar-refractivity contribution in [3.05, 3.63) is 124 Å². The number of aliphatic hydroxyl groups excluding tert-OH is 1. The van der Waals surface area contributed by atoms with Crippen molar-refractivity contribution in [1.82, 2.24) is 5.32 Å². The fraction of sp³-hybridized carbons (Fsp3) is 0.103. The largest absolute Gasteiger partial charge is 0.497 e. The number of hydrogen-bond acceptors (Lipinski definition) is 5. The molecule has 174 valence electrons. The lowest BCUT2D eigenvalue weighted by Gasteiger charge is -2.25. The molecule has 1 aromatic heterocycles. The number of benzene rings is 4. The van der Waals surface area contributed by atoms with E-state index < -0.39 is 18.1 Å². The van der Waals surface area contributed by atoms with E-state index in [1.165, 1.54) is 6.07 Å². The van der Waals surface area contributed by atoms with Crippen LogP contribution in [-0.4, -0.2) is 18.1 Å². The molecule has 0 radical (unpaired) electrons. The van der Waals surface area contributed by atoms with Gasteiger partial charge < -0.3 is 19.6 Å². The minimum absolute atomic E-state index is 0.234. The zero-order valence-corrected chi connectivity index (χ0v) is 19.0. The first kappa shape index (κ1) is 22.4. The molecule has 2 atom stereocenters.